The number of rotatable bonds is 7. The Hall–Kier alpha value is -1.82. The van der Waals surface area contributed by atoms with Gasteiger partial charge in [-0.05, 0) is 69.2 Å². The molecule has 0 amide bonds. The van der Waals surface area contributed by atoms with Crippen LogP contribution < -0.4 is 0 Å². The van der Waals surface area contributed by atoms with Crippen LogP contribution in [0.2, 0.25) is 0 Å². The van der Waals surface area contributed by atoms with Gasteiger partial charge in [0.15, 0.2) is 0 Å². The summed E-state index contributed by atoms with van der Waals surface area (Å²) in [6.45, 7) is 16.4. The molecule has 0 radical (unpaired) electrons. The minimum Gasteiger partial charge on any atom is -0.0998 e. The van der Waals surface area contributed by atoms with Crippen LogP contribution in [-0.2, 0) is 12.8 Å². The lowest BCUT2D eigenvalue weighted by Gasteiger charge is -2.10. The molecule has 21 heavy (non-hydrogen) atoms. The van der Waals surface area contributed by atoms with E-state index in [0.717, 1.165) is 19.3 Å². The highest BCUT2D eigenvalue weighted by molar-refractivity contribution is 5.34. The molecule has 0 N–H and O–H groups in total. The minimum atomic E-state index is 0.975. The molecule has 0 nitrogen and oxygen atoms in total. The van der Waals surface area contributed by atoms with E-state index < -0.39 is 0 Å². The molecule has 0 saturated heterocycles. The molecule has 1 aromatic carbocycles. The fourth-order valence-corrected chi connectivity index (χ4v) is 2.45. The summed E-state index contributed by atoms with van der Waals surface area (Å²) in [4.78, 5) is 0. The van der Waals surface area contributed by atoms with Gasteiger partial charge in [-0.2, -0.15) is 0 Å². The first-order chi connectivity index (χ1) is 9.93. The molecule has 0 spiro atoms. The second kappa shape index (κ2) is 8.46. The van der Waals surface area contributed by atoms with Gasteiger partial charge in [-0.3, -0.25) is 0 Å². The van der Waals surface area contributed by atoms with E-state index in [-0.39, 0.29) is 0 Å². The van der Waals surface area contributed by atoms with Crippen molar-refractivity contribution >= 4 is 0 Å². The largest absolute Gasteiger partial charge is 0.0998 e. The first-order valence-electron chi connectivity index (χ1n) is 7.62. The smallest absolute Gasteiger partial charge is 0.00725 e. The Bertz CT molecular complexity index is 564. The average Bonchev–Trinajstić information content (AvgIpc) is 2.39. The van der Waals surface area contributed by atoms with Crippen LogP contribution in [0.25, 0.3) is 0 Å². The van der Waals surface area contributed by atoms with Crippen molar-refractivity contribution in [1.29, 1.82) is 0 Å². The van der Waals surface area contributed by atoms with Crippen molar-refractivity contribution in [3.8, 4) is 0 Å². The highest BCUT2D eigenvalue weighted by atomic mass is 14.1. The molecule has 0 heterocycles. The SMILES string of the molecule is C=C/C=C\C(CCc1ccc(CC(=C)C)cc1C)=C(C)C. The van der Waals surface area contributed by atoms with Gasteiger partial charge < -0.3 is 0 Å². The summed E-state index contributed by atoms with van der Waals surface area (Å²) >= 11 is 0. The Balaban J connectivity index is 2.79. The summed E-state index contributed by atoms with van der Waals surface area (Å²) in [5.74, 6) is 0. The molecule has 0 aliphatic rings. The molecule has 0 bridgehead atoms. The number of allylic oxidation sites excluding steroid dienone is 6. The monoisotopic (exact) mass is 280 g/mol. The van der Waals surface area contributed by atoms with E-state index in [0.29, 0.717) is 0 Å². The summed E-state index contributed by atoms with van der Waals surface area (Å²) in [6.07, 6.45) is 9.16. The fourth-order valence-electron chi connectivity index (χ4n) is 2.45. The summed E-state index contributed by atoms with van der Waals surface area (Å²) in [7, 11) is 0. The van der Waals surface area contributed by atoms with E-state index >= 15 is 0 Å². The summed E-state index contributed by atoms with van der Waals surface area (Å²) in [6, 6.07) is 6.80. The maximum absolute atomic E-state index is 3.99. The third-order valence-electron chi connectivity index (χ3n) is 3.65. The number of aryl methyl sites for hydroxylation is 2. The topological polar surface area (TPSA) is 0 Å². The van der Waals surface area contributed by atoms with Gasteiger partial charge in [-0.15, -0.1) is 0 Å². The zero-order valence-corrected chi connectivity index (χ0v) is 14.0. The van der Waals surface area contributed by atoms with Crippen molar-refractivity contribution in [1.82, 2.24) is 0 Å². The van der Waals surface area contributed by atoms with Crippen LogP contribution in [-0.4, -0.2) is 0 Å². The van der Waals surface area contributed by atoms with Gasteiger partial charge in [0.05, 0.1) is 0 Å². The molecule has 0 aliphatic heterocycles. The van der Waals surface area contributed by atoms with Crippen LogP contribution in [0.1, 0.15) is 43.9 Å². The third kappa shape index (κ3) is 5.99. The van der Waals surface area contributed by atoms with E-state index in [1.165, 1.54) is 33.4 Å². The predicted molar refractivity (Wildman–Crippen MR) is 95.7 cm³/mol. The van der Waals surface area contributed by atoms with Gasteiger partial charge in [-0.1, -0.05) is 60.7 Å². The molecule has 0 aromatic heterocycles. The molecule has 0 aliphatic carbocycles. The second-order valence-electron chi connectivity index (χ2n) is 6.01. The van der Waals surface area contributed by atoms with E-state index in [9.17, 15) is 0 Å². The average molecular weight is 280 g/mol. The number of hydrogen-bond acceptors (Lipinski definition) is 0. The van der Waals surface area contributed by atoms with Crippen molar-refractivity contribution in [3.63, 3.8) is 0 Å². The Morgan fingerprint density at radius 3 is 2.43 bits per heavy atom. The highest BCUT2D eigenvalue weighted by Crippen LogP contribution is 2.19. The van der Waals surface area contributed by atoms with E-state index in [4.69, 9.17) is 0 Å². The molecule has 0 heteroatoms. The Kier molecular flexibility index (Phi) is 6.94. The van der Waals surface area contributed by atoms with Gasteiger partial charge in [0.1, 0.15) is 0 Å². The second-order valence-corrected chi connectivity index (χ2v) is 6.01. The molecular formula is C21H28. The van der Waals surface area contributed by atoms with E-state index in [2.05, 4.69) is 65.1 Å². The van der Waals surface area contributed by atoms with Crippen molar-refractivity contribution in [3.05, 3.63) is 83.0 Å². The highest BCUT2D eigenvalue weighted by Gasteiger charge is 2.03. The van der Waals surface area contributed by atoms with E-state index in [1.807, 2.05) is 12.2 Å². The van der Waals surface area contributed by atoms with Crippen LogP contribution in [0.3, 0.4) is 0 Å². The number of hydrogen-bond donors (Lipinski definition) is 0. The lowest BCUT2D eigenvalue weighted by atomic mass is 9.95. The zero-order chi connectivity index (χ0) is 15.8. The van der Waals surface area contributed by atoms with E-state index in [1.54, 1.807) is 0 Å². The van der Waals surface area contributed by atoms with Crippen LogP contribution in [0.5, 0.6) is 0 Å². The van der Waals surface area contributed by atoms with Crippen LogP contribution >= 0.6 is 0 Å². The lowest BCUT2D eigenvalue weighted by Crippen LogP contribution is -1.95. The molecular weight excluding hydrogens is 252 g/mol. The van der Waals surface area contributed by atoms with Crippen LogP contribution in [0, 0.1) is 6.92 Å². The Morgan fingerprint density at radius 2 is 1.90 bits per heavy atom. The first-order valence-corrected chi connectivity index (χ1v) is 7.62. The van der Waals surface area contributed by atoms with Crippen LogP contribution in [0.15, 0.2) is 66.3 Å². The van der Waals surface area contributed by atoms with Gasteiger partial charge in [0.2, 0.25) is 0 Å². The van der Waals surface area contributed by atoms with Crippen LogP contribution in [0.4, 0.5) is 0 Å². The van der Waals surface area contributed by atoms with Crippen molar-refractivity contribution in [2.75, 3.05) is 0 Å². The molecule has 0 atom stereocenters. The normalized spacial score (nSPS) is 10.7. The van der Waals surface area contributed by atoms with Gasteiger partial charge in [0.25, 0.3) is 0 Å². The maximum atomic E-state index is 3.99. The van der Waals surface area contributed by atoms with Gasteiger partial charge in [-0.25, -0.2) is 0 Å². The summed E-state index contributed by atoms with van der Waals surface area (Å²) in [5, 5.41) is 0. The molecule has 1 aromatic rings. The Morgan fingerprint density at radius 1 is 1.19 bits per heavy atom. The van der Waals surface area contributed by atoms with Crippen molar-refractivity contribution in [2.45, 2.75) is 47.0 Å². The first kappa shape index (κ1) is 17.2. The lowest BCUT2D eigenvalue weighted by molar-refractivity contribution is 0.935. The predicted octanol–water partition coefficient (Wildman–Crippen LogP) is 6.12. The summed E-state index contributed by atoms with van der Waals surface area (Å²) < 4.78 is 0. The zero-order valence-electron chi connectivity index (χ0n) is 14.0. The van der Waals surface area contributed by atoms with Crippen molar-refractivity contribution < 1.29 is 0 Å². The number of benzene rings is 1. The molecule has 0 saturated carbocycles. The van der Waals surface area contributed by atoms with Gasteiger partial charge >= 0.3 is 0 Å². The fraction of sp³-hybridized carbons (Fsp3) is 0.333. The molecule has 1 rings (SSSR count). The third-order valence-corrected chi connectivity index (χ3v) is 3.65. The van der Waals surface area contributed by atoms with Crippen molar-refractivity contribution in [2.24, 2.45) is 0 Å². The summed E-state index contributed by atoms with van der Waals surface area (Å²) in [5.41, 5.74) is 8.17. The maximum Gasteiger partial charge on any atom is -0.00725 e. The molecule has 112 valence electrons. The Labute approximate surface area is 130 Å². The molecule has 0 unspecified atom stereocenters. The standard InChI is InChI=1S/C21H28/c1-7-8-9-20(17(4)5)12-13-21-11-10-19(14-16(2)3)15-18(21)6/h7-11,15H,1-2,12-14H2,3-6H3/b9-8-. The molecule has 0 fully saturated rings. The minimum absolute atomic E-state index is 0.975. The van der Waals surface area contributed by atoms with Gasteiger partial charge in [0, 0.05) is 0 Å². The quantitative estimate of drug-likeness (QED) is 0.416.